The second-order valence-corrected chi connectivity index (χ2v) is 5.32. The van der Waals surface area contributed by atoms with Crippen molar-refractivity contribution in [3.63, 3.8) is 0 Å². The van der Waals surface area contributed by atoms with E-state index in [0.29, 0.717) is 5.92 Å². The van der Waals surface area contributed by atoms with Crippen molar-refractivity contribution in [3.8, 4) is 0 Å². The highest BCUT2D eigenvalue weighted by atomic mass is 16.3. The summed E-state index contributed by atoms with van der Waals surface area (Å²) >= 11 is 0. The molecule has 1 aromatic heterocycles. The highest BCUT2D eigenvalue weighted by Gasteiger charge is 2.36. The van der Waals surface area contributed by atoms with Crippen LogP contribution in [0.25, 0.3) is 0 Å². The van der Waals surface area contributed by atoms with Crippen molar-refractivity contribution in [1.29, 1.82) is 0 Å². The van der Waals surface area contributed by atoms with Crippen LogP contribution in [0.3, 0.4) is 0 Å². The second kappa shape index (κ2) is 4.61. The molecule has 0 atom stereocenters. The maximum absolute atomic E-state index is 9.44. The zero-order valence-corrected chi connectivity index (χ0v) is 10.8. The molecule has 0 aromatic carbocycles. The minimum Gasteiger partial charge on any atom is -0.394 e. The van der Waals surface area contributed by atoms with Gasteiger partial charge in [-0.05, 0) is 26.2 Å². The number of nitrogens with zero attached hydrogens (tertiary/aromatic N) is 2. The van der Waals surface area contributed by atoms with Crippen molar-refractivity contribution >= 4 is 5.82 Å². The first-order valence-corrected chi connectivity index (χ1v) is 6.29. The summed E-state index contributed by atoms with van der Waals surface area (Å²) < 4.78 is 0. The SMILES string of the molecule is Cc1cc(NC2(CO)CCC2)nc(C(C)C)n1. The topological polar surface area (TPSA) is 58.0 Å². The summed E-state index contributed by atoms with van der Waals surface area (Å²) in [5.41, 5.74) is 0.827. The van der Waals surface area contributed by atoms with Crippen LogP contribution in [0.2, 0.25) is 0 Å². The van der Waals surface area contributed by atoms with E-state index in [-0.39, 0.29) is 12.1 Å². The number of hydrogen-bond donors (Lipinski definition) is 2. The van der Waals surface area contributed by atoms with Gasteiger partial charge in [0.1, 0.15) is 11.6 Å². The summed E-state index contributed by atoms with van der Waals surface area (Å²) in [7, 11) is 0. The molecule has 0 spiro atoms. The summed E-state index contributed by atoms with van der Waals surface area (Å²) in [6.07, 6.45) is 3.21. The fourth-order valence-electron chi connectivity index (χ4n) is 2.11. The van der Waals surface area contributed by atoms with Gasteiger partial charge in [0.15, 0.2) is 0 Å². The van der Waals surface area contributed by atoms with Gasteiger partial charge >= 0.3 is 0 Å². The summed E-state index contributed by atoms with van der Waals surface area (Å²) in [5, 5.41) is 12.8. The third-order valence-electron chi connectivity index (χ3n) is 3.39. The normalized spacial score (nSPS) is 17.9. The molecule has 0 aliphatic heterocycles. The minimum atomic E-state index is -0.144. The molecule has 4 heteroatoms. The Morgan fingerprint density at radius 2 is 2.12 bits per heavy atom. The lowest BCUT2D eigenvalue weighted by Crippen LogP contribution is -2.48. The number of aliphatic hydroxyl groups is 1. The highest BCUT2D eigenvalue weighted by molar-refractivity contribution is 5.40. The van der Waals surface area contributed by atoms with E-state index in [4.69, 9.17) is 0 Å². The molecule has 17 heavy (non-hydrogen) atoms. The third-order valence-corrected chi connectivity index (χ3v) is 3.39. The van der Waals surface area contributed by atoms with Crippen LogP contribution in [0.1, 0.15) is 50.5 Å². The van der Waals surface area contributed by atoms with Gasteiger partial charge in [-0.3, -0.25) is 0 Å². The first kappa shape index (κ1) is 12.3. The van der Waals surface area contributed by atoms with Gasteiger partial charge in [0.25, 0.3) is 0 Å². The van der Waals surface area contributed by atoms with E-state index in [1.165, 1.54) is 6.42 Å². The summed E-state index contributed by atoms with van der Waals surface area (Å²) in [6.45, 7) is 6.33. The van der Waals surface area contributed by atoms with Gasteiger partial charge in [-0.25, -0.2) is 9.97 Å². The highest BCUT2D eigenvalue weighted by Crippen LogP contribution is 2.34. The van der Waals surface area contributed by atoms with Crippen molar-refractivity contribution in [2.45, 2.75) is 51.5 Å². The van der Waals surface area contributed by atoms with Gasteiger partial charge in [0.05, 0.1) is 12.1 Å². The van der Waals surface area contributed by atoms with Gasteiger partial charge < -0.3 is 10.4 Å². The first-order valence-electron chi connectivity index (χ1n) is 6.29. The number of hydrogen-bond acceptors (Lipinski definition) is 4. The number of aromatic nitrogens is 2. The molecule has 0 amide bonds. The number of aryl methyl sites for hydroxylation is 1. The smallest absolute Gasteiger partial charge is 0.133 e. The molecule has 1 aromatic rings. The standard InChI is InChI=1S/C13H21N3O/c1-9(2)12-14-10(3)7-11(15-12)16-13(8-17)5-4-6-13/h7,9,17H,4-6,8H2,1-3H3,(H,14,15,16). The molecule has 2 rings (SSSR count). The predicted octanol–water partition coefficient (Wildman–Crippen LogP) is 2.24. The number of anilines is 1. The van der Waals surface area contributed by atoms with E-state index in [1.54, 1.807) is 0 Å². The molecule has 2 N–H and O–H groups in total. The molecule has 1 aliphatic rings. The summed E-state index contributed by atoms with van der Waals surface area (Å²) in [6, 6.07) is 1.95. The van der Waals surface area contributed by atoms with Crippen LogP contribution in [0.5, 0.6) is 0 Å². The van der Waals surface area contributed by atoms with E-state index < -0.39 is 0 Å². The zero-order valence-electron chi connectivity index (χ0n) is 10.8. The average Bonchev–Trinajstić information content (AvgIpc) is 2.22. The van der Waals surface area contributed by atoms with Crippen LogP contribution in [0, 0.1) is 6.92 Å². The van der Waals surface area contributed by atoms with E-state index in [9.17, 15) is 5.11 Å². The van der Waals surface area contributed by atoms with Crippen molar-refractivity contribution < 1.29 is 5.11 Å². The first-order chi connectivity index (χ1) is 8.04. The third kappa shape index (κ3) is 2.57. The molecule has 1 aliphatic carbocycles. The Morgan fingerprint density at radius 3 is 2.59 bits per heavy atom. The van der Waals surface area contributed by atoms with Gasteiger partial charge in [-0.2, -0.15) is 0 Å². The van der Waals surface area contributed by atoms with Crippen molar-refractivity contribution in [2.24, 2.45) is 0 Å². The molecule has 0 bridgehead atoms. The lowest BCUT2D eigenvalue weighted by Gasteiger charge is -2.41. The molecule has 0 radical (unpaired) electrons. The van der Waals surface area contributed by atoms with Crippen LogP contribution in [-0.2, 0) is 0 Å². The Labute approximate surface area is 102 Å². The number of aliphatic hydroxyl groups excluding tert-OH is 1. The average molecular weight is 235 g/mol. The maximum atomic E-state index is 9.44. The van der Waals surface area contributed by atoms with E-state index in [2.05, 4.69) is 29.1 Å². The van der Waals surface area contributed by atoms with Gasteiger partial charge in [-0.1, -0.05) is 13.8 Å². The van der Waals surface area contributed by atoms with Crippen LogP contribution >= 0.6 is 0 Å². The maximum Gasteiger partial charge on any atom is 0.133 e. The Balaban J connectivity index is 2.20. The fourth-order valence-corrected chi connectivity index (χ4v) is 2.11. The number of nitrogens with one attached hydrogen (secondary N) is 1. The molecule has 94 valence electrons. The Bertz CT molecular complexity index is 394. The van der Waals surface area contributed by atoms with Gasteiger partial charge in [0, 0.05) is 17.7 Å². The second-order valence-electron chi connectivity index (χ2n) is 5.32. The van der Waals surface area contributed by atoms with Crippen molar-refractivity contribution in [3.05, 3.63) is 17.6 Å². The summed E-state index contributed by atoms with van der Waals surface area (Å²) in [4.78, 5) is 8.93. The van der Waals surface area contributed by atoms with E-state index in [1.807, 2.05) is 13.0 Å². The monoisotopic (exact) mass is 235 g/mol. The number of rotatable bonds is 4. The van der Waals surface area contributed by atoms with Gasteiger partial charge in [-0.15, -0.1) is 0 Å². The predicted molar refractivity (Wildman–Crippen MR) is 68.1 cm³/mol. The van der Waals surface area contributed by atoms with Crippen molar-refractivity contribution in [1.82, 2.24) is 9.97 Å². The molecular weight excluding hydrogens is 214 g/mol. The molecule has 1 fully saturated rings. The Morgan fingerprint density at radius 1 is 1.41 bits per heavy atom. The molecule has 0 saturated heterocycles. The van der Waals surface area contributed by atoms with E-state index in [0.717, 1.165) is 30.2 Å². The lowest BCUT2D eigenvalue weighted by atomic mass is 9.77. The van der Waals surface area contributed by atoms with E-state index >= 15 is 0 Å². The largest absolute Gasteiger partial charge is 0.394 e. The molecular formula is C13H21N3O. The van der Waals surface area contributed by atoms with Crippen LogP contribution in [-0.4, -0.2) is 27.2 Å². The van der Waals surface area contributed by atoms with Crippen LogP contribution in [0.4, 0.5) is 5.82 Å². The Kier molecular flexibility index (Phi) is 3.33. The fraction of sp³-hybridized carbons (Fsp3) is 0.692. The van der Waals surface area contributed by atoms with Crippen LogP contribution in [0.15, 0.2) is 6.07 Å². The lowest BCUT2D eigenvalue weighted by molar-refractivity contribution is 0.143. The minimum absolute atomic E-state index is 0.144. The quantitative estimate of drug-likeness (QED) is 0.840. The van der Waals surface area contributed by atoms with Crippen molar-refractivity contribution in [2.75, 3.05) is 11.9 Å². The summed E-state index contributed by atoms with van der Waals surface area (Å²) in [5.74, 6) is 2.02. The zero-order chi connectivity index (χ0) is 12.5. The van der Waals surface area contributed by atoms with Gasteiger partial charge in [0.2, 0.25) is 0 Å². The molecule has 1 saturated carbocycles. The van der Waals surface area contributed by atoms with Crippen LogP contribution < -0.4 is 5.32 Å². The molecule has 1 heterocycles. The molecule has 0 unspecified atom stereocenters. The molecule has 4 nitrogen and oxygen atoms in total. The Hall–Kier alpha value is -1.16.